The van der Waals surface area contributed by atoms with E-state index in [0.717, 1.165) is 0 Å². The van der Waals surface area contributed by atoms with Crippen LogP contribution < -0.4 is 10.6 Å². The van der Waals surface area contributed by atoms with E-state index in [0.29, 0.717) is 6.42 Å². The molecule has 0 aliphatic rings. The Morgan fingerprint density at radius 3 is 2.44 bits per heavy atom. The van der Waals surface area contributed by atoms with Gasteiger partial charge in [0.2, 0.25) is 5.91 Å². The van der Waals surface area contributed by atoms with E-state index in [9.17, 15) is 23.1 Å². The summed E-state index contributed by atoms with van der Waals surface area (Å²) in [6.07, 6.45) is -4.49. The number of nitrogens with one attached hydrogen (secondary N) is 2. The van der Waals surface area contributed by atoms with Crippen molar-refractivity contribution in [3.8, 4) is 0 Å². The van der Waals surface area contributed by atoms with Gasteiger partial charge in [0.25, 0.3) is 0 Å². The molecule has 0 aliphatic heterocycles. The number of carbonyl (C=O) groups excluding carboxylic acids is 1. The van der Waals surface area contributed by atoms with Gasteiger partial charge in [-0.25, -0.2) is 0 Å². The maximum atomic E-state index is 11.8. The van der Waals surface area contributed by atoms with Crippen molar-refractivity contribution in [2.75, 3.05) is 13.1 Å². The van der Waals surface area contributed by atoms with E-state index in [2.05, 4.69) is 5.32 Å². The van der Waals surface area contributed by atoms with Gasteiger partial charge >= 0.3 is 6.18 Å². The maximum absolute atomic E-state index is 11.8. The number of aliphatic hydroxyl groups is 1. The average molecular weight is 242 g/mol. The second-order valence-corrected chi connectivity index (χ2v) is 3.52. The van der Waals surface area contributed by atoms with Crippen LogP contribution in [-0.4, -0.2) is 42.4 Å². The number of halogens is 3. The van der Waals surface area contributed by atoms with Gasteiger partial charge in [-0.05, 0) is 13.3 Å². The standard InChI is InChI=1S/C9H17F3N2O2/c1-3-7(15)4-13-6(2)8(16)14-5-9(10,11)12/h6-7,13,15H,3-5H2,1-2H3,(H,14,16). The molecule has 16 heavy (non-hydrogen) atoms. The zero-order chi connectivity index (χ0) is 12.8. The molecule has 96 valence electrons. The summed E-state index contributed by atoms with van der Waals surface area (Å²) in [5.41, 5.74) is 0. The Balaban J connectivity index is 3.82. The largest absolute Gasteiger partial charge is 0.405 e. The number of hydrogen-bond acceptors (Lipinski definition) is 3. The lowest BCUT2D eigenvalue weighted by Crippen LogP contribution is -2.47. The minimum absolute atomic E-state index is 0.178. The van der Waals surface area contributed by atoms with Crippen LogP contribution in [0.15, 0.2) is 0 Å². The molecule has 0 fully saturated rings. The predicted molar refractivity (Wildman–Crippen MR) is 52.8 cm³/mol. The highest BCUT2D eigenvalue weighted by atomic mass is 19.4. The Hall–Kier alpha value is -0.820. The summed E-state index contributed by atoms with van der Waals surface area (Å²) in [6.45, 7) is 2.04. The first-order chi connectivity index (χ1) is 7.26. The van der Waals surface area contributed by atoms with Crippen molar-refractivity contribution >= 4 is 5.91 Å². The predicted octanol–water partition coefficient (Wildman–Crippen LogP) is 0.414. The van der Waals surface area contributed by atoms with E-state index in [-0.39, 0.29) is 6.54 Å². The molecule has 1 amide bonds. The van der Waals surface area contributed by atoms with E-state index in [1.165, 1.54) is 6.92 Å². The SMILES string of the molecule is CCC(O)CNC(C)C(=O)NCC(F)(F)F. The topological polar surface area (TPSA) is 61.4 Å². The molecular weight excluding hydrogens is 225 g/mol. The van der Waals surface area contributed by atoms with Crippen molar-refractivity contribution in [3.63, 3.8) is 0 Å². The molecule has 0 saturated carbocycles. The van der Waals surface area contributed by atoms with Crippen LogP contribution in [0.25, 0.3) is 0 Å². The summed E-state index contributed by atoms with van der Waals surface area (Å²) in [6, 6.07) is -0.761. The van der Waals surface area contributed by atoms with Crippen LogP contribution in [0.5, 0.6) is 0 Å². The van der Waals surface area contributed by atoms with Crippen LogP contribution in [0.2, 0.25) is 0 Å². The molecule has 2 atom stereocenters. The Bertz CT molecular complexity index is 221. The second kappa shape index (κ2) is 6.70. The first-order valence-electron chi connectivity index (χ1n) is 5.02. The number of rotatable bonds is 6. The van der Waals surface area contributed by atoms with Crippen molar-refractivity contribution in [1.29, 1.82) is 0 Å². The van der Waals surface area contributed by atoms with Gasteiger partial charge in [-0.3, -0.25) is 4.79 Å². The summed E-state index contributed by atoms with van der Waals surface area (Å²) in [7, 11) is 0. The fourth-order valence-corrected chi connectivity index (χ4v) is 0.890. The lowest BCUT2D eigenvalue weighted by atomic mass is 10.2. The van der Waals surface area contributed by atoms with Crippen LogP contribution in [0.1, 0.15) is 20.3 Å². The van der Waals surface area contributed by atoms with Gasteiger partial charge in [-0.15, -0.1) is 0 Å². The smallest absolute Gasteiger partial charge is 0.392 e. The van der Waals surface area contributed by atoms with Crippen molar-refractivity contribution in [2.24, 2.45) is 0 Å². The molecule has 7 heteroatoms. The van der Waals surface area contributed by atoms with E-state index in [1.807, 2.05) is 0 Å². The zero-order valence-electron chi connectivity index (χ0n) is 9.27. The third kappa shape index (κ3) is 7.47. The first kappa shape index (κ1) is 15.2. The molecule has 0 radical (unpaired) electrons. The van der Waals surface area contributed by atoms with Gasteiger partial charge in [0.1, 0.15) is 6.54 Å². The highest BCUT2D eigenvalue weighted by Gasteiger charge is 2.28. The van der Waals surface area contributed by atoms with Crippen molar-refractivity contribution in [3.05, 3.63) is 0 Å². The van der Waals surface area contributed by atoms with Crippen molar-refractivity contribution in [2.45, 2.75) is 38.6 Å². The number of hydrogen-bond donors (Lipinski definition) is 3. The highest BCUT2D eigenvalue weighted by Crippen LogP contribution is 2.12. The molecule has 0 heterocycles. The Morgan fingerprint density at radius 1 is 1.44 bits per heavy atom. The van der Waals surface area contributed by atoms with Gasteiger partial charge < -0.3 is 15.7 Å². The molecule has 3 N–H and O–H groups in total. The molecule has 0 saturated heterocycles. The minimum Gasteiger partial charge on any atom is -0.392 e. The van der Waals surface area contributed by atoms with Crippen molar-refractivity contribution < 1.29 is 23.1 Å². The third-order valence-electron chi connectivity index (χ3n) is 1.99. The summed E-state index contributed by atoms with van der Waals surface area (Å²) in [4.78, 5) is 11.1. The highest BCUT2D eigenvalue weighted by molar-refractivity contribution is 5.81. The summed E-state index contributed by atoms with van der Waals surface area (Å²) in [5, 5.41) is 13.6. The zero-order valence-corrected chi connectivity index (χ0v) is 9.27. The maximum Gasteiger partial charge on any atom is 0.405 e. The quantitative estimate of drug-likeness (QED) is 0.632. The lowest BCUT2D eigenvalue weighted by molar-refractivity contribution is -0.139. The molecule has 0 rings (SSSR count). The fourth-order valence-electron chi connectivity index (χ4n) is 0.890. The number of alkyl halides is 3. The molecule has 0 aromatic carbocycles. The van der Waals surface area contributed by atoms with E-state index in [1.54, 1.807) is 12.2 Å². The molecule has 0 aromatic rings. The van der Waals surface area contributed by atoms with Crippen LogP contribution in [0.4, 0.5) is 13.2 Å². The first-order valence-corrected chi connectivity index (χ1v) is 5.02. The molecule has 0 aliphatic carbocycles. The fraction of sp³-hybridized carbons (Fsp3) is 0.889. The second-order valence-electron chi connectivity index (χ2n) is 3.52. The minimum atomic E-state index is -4.40. The van der Waals surface area contributed by atoms with Crippen LogP contribution in [0.3, 0.4) is 0 Å². The Labute approximate surface area is 92.2 Å². The molecule has 4 nitrogen and oxygen atoms in total. The molecule has 0 spiro atoms. The Morgan fingerprint density at radius 2 is 2.00 bits per heavy atom. The van der Waals surface area contributed by atoms with Gasteiger partial charge in [-0.1, -0.05) is 6.92 Å². The van der Waals surface area contributed by atoms with E-state index >= 15 is 0 Å². The molecule has 2 unspecified atom stereocenters. The van der Waals surface area contributed by atoms with Crippen LogP contribution in [-0.2, 0) is 4.79 Å². The van der Waals surface area contributed by atoms with Gasteiger partial charge in [0.05, 0.1) is 12.1 Å². The van der Waals surface area contributed by atoms with E-state index in [4.69, 9.17) is 0 Å². The number of aliphatic hydroxyl groups excluding tert-OH is 1. The average Bonchev–Trinajstić information content (AvgIpc) is 2.20. The van der Waals surface area contributed by atoms with Gasteiger partial charge in [0, 0.05) is 6.54 Å². The molecule has 0 bridgehead atoms. The normalized spacial score (nSPS) is 15.6. The monoisotopic (exact) mass is 242 g/mol. The van der Waals surface area contributed by atoms with Crippen LogP contribution in [0, 0.1) is 0 Å². The summed E-state index contributed by atoms with van der Waals surface area (Å²) < 4.78 is 35.3. The van der Waals surface area contributed by atoms with Crippen molar-refractivity contribution in [1.82, 2.24) is 10.6 Å². The Kier molecular flexibility index (Phi) is 6.35. The number of amides is 1. The van der Waals surface area contributed by atoms with Gasteiger partial charge in [0.15, 0.2) is 0 Å². The lowest BCUT2D eigenvalue weighted by Gasteiger charge is -2.16. The van der Waals surface area contributed by atoms with Gasteiger partial charge in [-0.2, -0.15) is 13.2 Å². The summed E-state index contributed by atoms with van der Waals surface area (Å²) in [5.74, 6) is -0.736. The third-order valence-corrected chi connectivity index (χ3v) is 1.99. The summed E-state index contributed by atoms with van der Waals surface area (Å²) >= 11 is 0. The molecule has 0 aromatic heterocycles. The van der Waals surface area contributed by atoms with Crippen LogP contribution >= 0.6 is 0 Å². The number of carbonyl (C=O) groups is 1. The van der Waals surface area contributed by atoms with E-state index < -0.39 is 30.8 Å². The molecular formula is C9H17F3N2O2.